The van der Waals surface area contributed by atoms with Crippen LogP contribution in [0.4, 0.5) is 14.9 Å². The van der Waals surface area contributed by atoms with Crippen molar-refractivity contribution < 1.29 is 33.0 Å². The highest BCUT2D eigenvalue weighted by atomic mass is 79.9. The molecular weight excluding hydrogens is 489 g/mol. The zero-order chi connectivity index (χ0) is 23.3. The monoisotopic (exact) mass is 505 g/mol. The molecule has 0 spiro atoms. The number of methoxy groups -OCH3 is 1. The third-order valence-corrected chi connectivity index (χ3v) is 4.85. The van der Waals surface area contributed by atoms with Gasteiger partial charge in [-0.05, 0) is 64.0 Å². The van der Waals surface area contributed by atoms with Crippen LogP contribution in [0.25, 0.3) is 6.08 Å². The summed E-state index contributed by atoms with van der Waals surface area (Å²) < 4.78 is 23.4. The summed E-state index contributed by atoms with van der Waals surface area (Å²) in [6.07, 6.45) is 1.44. The van der Waals surface area contributed by atoms with Crippen LogP contribution in [0.2, 0.25) is 0 Å². The molecule has 2 aromatic carbocycles. The number of halogens is 2. The van der Waals surface area contributed by atoms with Gasteiger partial charge >= 0.3 is 12.0 Å². The highest BCUT2D eigenvalue weighted by molar-refractivity contribution is 9.10. The first-order valence-electron chi connectivity index (χ1n) is 9.16. The van der Waals surface area contributed by atoms with E-state index < -0.39 is 36.2 Å². The van der Waals surface area contributed by atoms with E-state index in [2.05, 4.69) is 31.3 Å². The minimum atomic E-state index is -0.724. The molecule has 0 atom stereocenters. The first-order chi connectivity index (χ1) is 15.3. The summed E-state index contributed by atoms with van der Waals surface area (Å²) in [6, 6.07) is 9.42. The van der Waals surface area contributed by atoms with Crippen LogP contribution in [0.15, 0.2) is 52.6 Å². The average molecular weight is 506 g/mol. The molecule has 1 aliphatic heterocycles. The number of imide groups is 1. The SMILES string of the molecule is COC(=O)CN1C(=O)N/C(=C/c2ccc(OCC(=O)Nc3ccc(F)cc3)c(Br)c2)C1=O. The number of ether oxygens (including phenoxy) is 2. The molecule has 9 nitrogen and oxygen atoms in total. The third kappa shape index (κ3) is 5.70. The summed E-state index contributed by atoms with van der Waals surface area (Å²) in [5.41, 5.74) is 0.993. The Morgan fingerprint density at radius 3 is 2.56 bits per heavy atom. The summed E-state index contributed by atoms with van der Waals surface area (Å²) in [4.78, 5) is 48.3. The molecule has 4 amide bonds. The summed E-state index contributed by atoms with van der Waals surface area (Å²) in [5.74, 6) is -1.85. The Bertz CT molecular complexity index is 1100. The summed E-state index contributed by atoms with van der Waals surface area (Å²) in [7, 11) is 1.16. The molecular formula is C21H17BrFN3O6. The lowest BCUT2D eigenvalue weighted by Gasteiger charge is -2.10. The highest BCUT2D eigenvalue weighted by Gasteiger charge is 2.35. The van der Waals surface area contributed by atoms with E-state index in [1.807, 2.05) is 0 Å². The van der Waals surface area contributed by atoms with Crippen molar-refractivity contribution >= 4 is 51.5 Å². The van der Waals surface area contributed by atoms with Gasteiger partial charge in [-0.3, -0.25) is 14.4 Å². The Hall–Kier alpha value is -3.73. The molecule has 32 heavy (non-hydrogen) atoms. The van der Waals surface area contributed by atoms with Crippen molar-refractivity contribution in [3.63, 3.8) is 0 Å². The van der Waals surface area contributed by atoms with Crippen molar-refractivity contribution in [3.8, 4) is 5.75 Å². The molecule has 166 valence electrons. The summed E-state index contributed by atoms with van der Waals surface area (Å²) >= 11 is 3.33. The predicted molar refractivity (Wildman–Crippen MR) is 115 cm³/mol. The number of nitrogens with one attached hydrogen (secondary N) is 2. The second kappa shape index (κ2) is 10.1. The minimum absolute atomic E-state index is 0.00172. The number of nitrogens with zero attached hydrogens (tertiary/aromatic N) is 1. The first kappa shape index (κ1) is 22.9. The van der Waals surface area contributed by atoms with Gasteiger partial charge in [-0.2, -0.15) is 0 Å². The van der Waals surface area contributed by atoms with E-state index in [0.717, 1.165) is 12.0 Å². The average Bonchev–Trinajstić information content (AvgIpc) is 3.02. The van der Waals surface area contributed by atoms with Gasteiger partial charge in [0.2, 0.25) is 0 Å². The number of rotatable bonds is 7. The van der Waals surface area contributed by atoms with Gasteiger partial charge in [-0.1, -0.05) is 6.07 Å². The van der Waals surface area contributed by atoms with Gasteiger partial charge < -0.3 is 20.1 Å². The molecule has 0 aromatic heterocycles. The van der Waals surface area contributed by atoms with Crippen LogP contribution < -0.4 is 15.4 Å². The fourth-order valence-corrected chi connectivity index (χ4v) is 3.18. The van der Waals surface area contributed by atoms with Crippen LogP contribution in [0, 0.1) is 5.82 Å². The van der Waals surface area contributed by atoms with Crippen LogP contribution in [0.5, 0.6) is 5.75 Å². The number of benzene rings is 2. The van der Waals surface area contributed by atoms with Gasteiger partial charge in [0.1, 0.15) is 23.8 Å². The molecule has 1 fully saturated rings. The van der Waals surface area contributed by atoms with E-state index in [-0.39, 0.29) is 12.3 Å². The van der Waals surface area contributed by atoms with Gasteiger partial charge in [-0.15, -0.1) is 0 Å². The molecule has 1 saturated heterocycles. The lowest BCUT2D eigenvalue weighted by atomic mass is 10.2. The van der Waals surface area contributed by atoms with E-state index in [1.54, 1.807) is 18.2 Å². The zero-order valence-corrected chi connectivity index (χ0v) is 18.3. The standard InChI is InChI=1S/C21H17BrFN3O6/c1-31-19(28)10-26-20(29)16(25-21(26)30)9-12-2-7-17(15(22)8-12)32-11-18(27)24-14-5-3-13(23)4-6-14/h2-9H,10-11H2,1H3,(H,24,27)(H,25,30)/b16-9+. The summed E-state index contributed by atoms with van der Waals surface area (Å²) in [6.45, 7) is -0.775. The maximum Gasteiger partial charge on any atom is 0.329 e. The molecule has 0 aliphatic carbocycles. The Kier molecular flexibility index (Phi) is 7.21. The molecule has 0 radical (unpaired) electrons. The number of amides is 4. The van der Waals surface area contributed by atoms with E-state index in [9.17, 15) is 23.6 Å². The number of urea groups is 1. The number of esters is 1. The Labute approximate surface area is 190 Å². The fourth-order valence-electron chi connectivity index (χ4n) is 2.67. The maximum absolute atomic E-state index is 12.9. The van der Waals surface area contributed by atoms with Gasteiger partial charge in [-0.25, -0.2) is 14.1 Å². The third-order valence-electron chi connectivity index (χ3n) is 4.23. The van der Waals surface area contributed by atoms with Crippen LogP contribution in [0.3, 0.4) is 0 Å². The van der Waals surface area contributed by atoms with Crippen molar-refractivity contribution in [2.45, 2.75) is 0 Å². The smallest absolute Gasteiger partial charge is 0.329 e. The first-order valence-corrected chi connectivity index (χ1v) is 9.95. The molecule has 11 heteroatoms. The largest absolute Gasteiger partial charge is 0.483 e. The number of carbonyl (C=O) groups is 4. The van der Waals surface area contributed by atoms with E-state index in [0.29, 0.717) is 21.5 Å². The van der Waals surface area contributed by atoms with Gasteiger partial charge in [0, 0.05) is 5.69 Å². The van der Waals surface area contributed by atoms with Crippen LogP contribution in [0.1, 0.15) is 5.56 Å². The molecule has 3 rings (SSSR count). The van der Waals surface area contributed by atoms with E-state index >= 15 is 0 Å². The normalized spacial score (nSPS) is 14.3. The Morgan fingerprint density at radius 1 is 1.19 bits per heavy atom. The Balaban J connectivity index is 1.62. The highest BCUT2D eigenvalue weighted by Crippen LogP contribution is 2.27. The van der Waals surface area contributed by atoms with Crippen molar-refractivity contribution in [1.82, 2.24) is 10.2 Å². The topological polar surface area (TPSA) is 114 Å². The quantitative estimate of drug-likeness (QED) is 0.339. The van der Waals surface area contributed by atoms with Crippen molar-refractivity contribution in [3.05, 3.63) is 64.0 Å². The second-order valence-corrected chi connectivity index (χ2v) is 7.34. The van der Waals surface area contributed by atoms with Gasteiger partial charge in [0.15, 0.2) is 6.61 Å². The summed E-state index contributed by atoms with van der Waals surface area (Å²) in [5, 5.41) is 4.98. The molecule has 2 aromatic rings. The number of hydrogen-bond donors (Lipinski definition) is 2. The van der Waals surface area contributed by atoms with Crippen molar-refractivity contribution in [2.24, 2.45) is 0 Å². The molecule has 1 heterocycles. The molecule has 1 aliphatic rings. The maximum atomic E-state index is 12.9. The fraction of sp³-hybridized carbons (Fsp3) is 0.143. The van der Waals surface area contributed by atoms with Crippen LogP contribution in [-0.4, -0.2) is 49.0 Å². The molecule has 0 saturated carbocycles. The molecule has 0 unspecified atom stereocenters. The second-order valence-electron chi connectivity index (χ2n) is 6.49. The molecule has 0 bridgehead atoms. The lowest BCUT2D eigenvalue weighted by Crippen LogP contribution is -2.36. The number of carbonyl (C=O) groups excluding carboxylic acids is 4. The predicted octanol–water partition coefficient (Wildman–Crippen LogP) is 2.67. The van der Waals surface area contributed by atoms with Crippen molar-refractivity contribution in [2.75, 3.05) is 25.6 Å². The number of anilines is 1. The lowest BCUT2D eigenvalue weighted by molar-refractivity contribution is -0.143. The number of hydrogen-bond acceptors (Lipinski definition) is 6. The van der Waals surface area contributed by atoms with Gasteiger partial charge in [0.05, 0.1) is 11.6 Å². The van der Waals surface area contributed by atoms with E-state index in [4.69, 9.17) is 4.74 Å². The minimum Gasteiger partial charge on any atom is -0.483 e. The van der Waals surface area contributed by atoms with Crippen LogP contribution in [-0.2, 0) is 19.1 Å². The van der Waals surface area contributed by atoms with E-state index in [1.165, 1.54) is 30.3 Å². The molecule has 2 N–H and O–H groups in total. The Morgan fingerprint density at radius 2 is 1.91 bits per heavy atom. The zero-order valence-electron chi connectivity index (χ0n) is 16.7. The van der Waals surface area contributed by atoms with Gasteiger partial charge in [0.25, 0.3) is 11.8 Å². The van der Waals surface area contributed by atoms with Crippen molar-refractivity contribution in [1.29, 1.82) is 0 Å². The van der Waals surface area contributed by atoms with Crippen LogP contribution >= 0.6 is 15.9 Å².